The monoisotopic (exact) mass is 758 g/mol. The zero-order chi connectivity index (χ0) is 39.2. The Hall–Kier alpha value is -3.46. The Morgan fingerprint density at radius 1 is 0.623 bits per heavy atom. The van der Waals surface area contributed by atoms with Crippen LogP contribution in [0.1, 0.15) is 25.3 Å². The summed E-state index contributed by atoms with van der Waals surface area (Å²) >= 11 is 0. The summed E-state index contributed by atoms with van der Waals surface area (Å²) in [5.41, 5.74) is 0.976. The van der Waals surface area contributed by atoms with Gasteiger partial charge in [-0.3, -0.25) is 38.8 Å². The smallest absolute Gasteiger partial charge is 0.325 e. The fourth-order valence-electron chi connectivity index (χ4n) is 6.19. The molecule has 1 saturated heterocycles. The minimum absolute atomic E-state index is 0.00542. The van der Waals surface area contributed by atoms with E-state index in [0.717, 1.165) is 5.56 Å². The number of hydrogen-bond donors (Lipinski definition) is 6. The first-order valence-corrected chi connectivity index (χ1v) is 17.9. The standard InChI is InChI=1S/C35H58N4O14/c1-3-51-19-20-52-21-22-53-27-9-7-26(8-10-27)5-4-6-28(32(43)44)36-11-13-37(29(23-40)33(45)46)14-15-38(30(24-41)34(47)48)16-18-39(17-12-36)31(25-42)35(49)50-2/h7-10,28-31,40-42H,3-6,11-25H2,1-2H3,(H,43,44)(H,45,46)(H,47,48)/t28-,29-,30+,31-/m0/s1. The van der Waals surface area contributed by atoms with Crippen molar-refractivity contribution in [3.63, 3.8) is 0 Å². The molecule has 302 valence electrons. The van der Waals surface area contributed by atoms with Crippen LogP contribution in [0.25, 0.3) is 0 Å². The summed E-state index contributed by atoms with van der Waals surface area (Å²) in [5, 5.41) is 60.1. The van der Waals surface area contributed by atoms with Gasteiger partial charge in [-0.15, -0.1) is 0 Å². The number of carboxylic acids is 3. The number of esters is 1. The van der Waals surface area contributed by atoms with Crippen LogP contribution in [0.4, 0.5) is 0 Å². The van der Waals surface area contributed by atoms with Crippen LogP contribution in [0.3, 0.4) is 0 Å². The summed E-state index contributed by atoms with van der Waals surface area (Å²) < 4.78 is 21.3. The fraction of sp³-hybridized carbons (Fsp3) is 0.714. The predicted octanol–water partition coefficient (Wildman–Crippen LogP) is -1.46. The topological polar surface area (TPSA) is 240 Å². The molecule has 18 nitrogen and oxygen atoms in total. The second-order valence-electron chi connectivity index (χ2n) is 12.5. The number of aliphatic hydroxyl groups excluding tert-OH is 3. The predicted molar refractivity (Wildman–Crippen MR) is 190 cm³/mol. The number of carbonyl (C=O) groups excluding carboxylic acids is 1. The van der Waals surface area contributed by atoms with Gasteiger partial charge < -0.3 is 49.6 Å². The Kier molecular flexibility index (Phi) is 22.0. The second kappa shape index (κ2) is 25.5. The van der Waals surface area contributed by atoms with Gasteiger partial charge >= 0.3 is 23.9 Å². The number of rotatable bonds is 23. The van der Waals surface area contributed by atoms with Gasteiger partial charge in [0.15, 0.2) is 0 Å². The molecule has 1 aliphatic rings. The maximum absolute atomic E-state index is 12.7. The summed E-state index contributed by atoms with van der Waals surface area (Å²) in [5.74, 6) is -3.76. The second-order valence-corrected chi connectivity index (χ2v) is 12.5. The summed E-state index contributed by atoms with van der Waals surface area (Å²) in [6, 6.07) is 2.65. The number of carboxylic acid groups (broad SMARTS) is 3. The number of aliphatic carboxylic acids is 3. The van der Waals surface area contributed by atoms with E-state index in [1.54, 1.807) is 9.80 Å². The molecule has 1 aromatic carbocycles. The van der Waals surface area contributed by atoms with Gasteiger partial charge in [-0.1, -0.05) is 12.1 Å². The van der Waals surface area contributed by atoms with Crippen molar-refractivity contribution in [2.45, 2.75) is 50.4 Å². The van der Waals surface area contributed by atoms with E-state index in [-0.39, 0.29) is 58.8 Å². The van der Waals surface area contributed by atoms with Crippen LogP contribution in [0.2, 0.25) is 0 Å². The molecule has 0 aromatic heterocycles. The van der Waals surface area contributed by atoms with E-state index in [2.05, 4.69) is 0 Å². The number of aliphatic hydroxyl groups is 3. The van der Waals surface area contributed by atoms with Gasteiger partial charge in [-0.25, -0.2) is 0 Å². The molecule has 53 heavy (non-hydrogen) atoms. The van der Waals surface area contributed by atoms with Gasteiger partial charge in [0, 0.05) is 59.0 Å². The molecule has 0 bridgehead atoms. The first-order chi connectivity index (χ1) is 25.5. The maximum atomic E-state index is 12.7. The Morgan fingerprint density at radius 3 is 1.45 bits per heavy atom. The van der Waals surface area contributed by atoms with E-state index in [1.807, 2.05) is 31.2 Å². The van der Waals surface area contributed by atoms with Crippen molar-refractivity contribution >= 4 is 23.9 Å². The highest BCUT2D eigenvalue weighted by Crippen LogP contribution is 2.18. The third-order valence-corrected chi connectivity index (χ3v) is 9.25. The van der Waals surface area contributed by atoms with Gasteiger partial charge in [0.1, 0.15) is 36.5 Å². The molecule has 1 aromatic rings. The minimum atomic E-state index is -1.35. The Bertz CT molecular complexity index is 1230. The number of hydrogen-bond acceptors (Lipinski definition) is 15. The highest BCUT2D eigenvalue weighted by atomic mass is 16.5. The van der Waals surface area contributed by atoms with Crippen LogP contribution in [0.15, 0.2) is 24.3 Å². The molecule has 6 N–H and O–H groups in total. The number of carbonyl (C=O) groups is 4. The number of benzene rings is 1. The Labute approximate surface area is 310 Å². The normalized spacial score (nSPS) is 18.2. The van der Waals surface area contributed by atoms with E-state index in [9.17, 15) is 49.8 Å². The molecule has 0 amide bonds. The molecule has 0 aliphatic carbocycles. The molecular formula is C35H58N4O14. The minimum Gasteiger partial charge on any atom is -0.491 e. The molecule has 1 aliphatic heterocycles. The zero-order valence-electron chi connectivity index (χ0n) is 30.8. The first kappa shape index (κ1) is 45.7. The van der Waals surface area contributed by atoms with Crippen molar-refractivity contribution in [2.75, 3.05) is 112 Å². The summed E-state index contributed by atoms with van der Waals surface area (Å²) in [7, 11) is 1.17. The molecule has 0 spiro atoms. The van der Waals surface area contributed by atoms with Gasteiger partial charge in [0.05, 0.1) is 46.8 Å². The van der Waals surface area contributed by atoms with Crippen LogP contribution in [0.5, 0.6) is 5.75 Å². The molecule has 1 heterocycles. The fourth-order valence-corrected chi connectivity index (χ4v) is 6.19. The lowest BCUT2D eigenvalue weighted by Gasteiger charge is -2.39. The van der Waals surface area contributed by atoms with Crippen molar-refractivity contribution in [3.05, 3.63) is 29.8 Å². The zero-order valence-corrected chi connectivity index (χ0v) is 30.8. The Morgan fingerprint density at radius 2 is 1.04 bits per heavy atom. The molecule has 4 atom stereocenters. The van der Waals surface area contributed by atoms with E-state index in [4.69, 9.17) is 18.9 Å². The molecule has 0 saturated carbocycles. The molecule has 18 heteroatoms. The lowest BCUT2D eigenvalue weighted by atomic mass is 10.0. The lowest BCUT2D eigenvalue weighted by molar-refractivity contribution is -0.151. The average Bonchev–Trinajstić information content (AvgIpc) is 3.13. The van der Waals surface area contributed by atoms with Gasteiger partial charge in [-0.05, 0) is 43.9 Å². The van der Waals surface area contributed by atoms with E-state index in [0.29, 0.717) is 51.6 Å². The summed E-state index contributed by atoms with van der Waals surface area (Å²) in [6.45, 7) is 2.43. The number of methoxy groups -OCH3 is 1. The van der Waals surface area contributed by atoms with E-state index in [1.165, 1.54) is 16.9 Å². The van der Waals surface area contributed by atoms with Gasteiger partial charge in [0.25, 0.3) is 0 Å². The summed E-state index contributed by atoms with van der Waals surface area (Å²) in [4.78, 5) is 55.7. The SMILES string of the molecule is CCOCCOCCOc1ccc(CCC[C@@H](C(=O)O)N2CCN([C@@H](CO)C(=O)O)CCN([C@H](CO)C(=O)O)CCN([C@@H](CO)C(=O)OC)CC2)cc1. The quantitative estimate of drug-likeness (QED) is 0.0552. The van der Waals surface area contributed by atoms with Crippen LogP contribution in [-0.2, 0) is 39.8 Å². The first-order valence-electron chi connectivity index (χ1n) is 17.9. The van der Waals surface area contributed by atoms with Gasteiger partial charge in [-0.2, -0.15) is 0 Å². The molecule has 1 fully saturated rings. The molecule has 0 unspecified atom stereocenters. The third kappa shape index (κ3) is 15.8. The lowest BCUT2D eigenvalue weighted by Crippen LogP contribution is -2.57. The highest BCUT2D eigenvalue weighted by molar-refractivity contribution is 5.76. The van der Waals surface area contributed by atoms with Crippen LogP contribution >= 0.6 is 0 Å². The van der Waals surface area contributed by atoms with E-state index >= 15 is 0 Å². The molecule has 2 rings (SSSR count). The van der Waals surface area contributed by atoms with Gasteiger partial charge in [0.2, 0.25) is 0 Å². The number of ether oxygens (including phenoxy) is 4. The maximum Gasteiger partial charge on any atom is 0.325 e. The Balaban J connectivity index is 2.25. The van der Waals surface area contributed by atoms with Crippen LogP contribution in [0, 0.1) is 0 Å². The third-order valence-electron chi connectivity index (χ3n) is 9.25. The average molecular weight is 759 g/mol. The number of nitrogens with zero attached hydrogens (tertiary/aromatic N) is 4. The number of aryl methyl sites for hydroxylation is 1. The van der Waals surface area contributed by atoms with Crippen LogP contribution in [-0.4, -0.2) is 211 Å². The summed E-state index contributed by atoms with van der Waals surface area (Å²) in [6.07, 6.45) is 1.31. The van der Waals surface area contributed by atoms with Crippen molar-refractivity contribution in [1.82, 2.24) is 19.6 Å². The van der Waals surface area contributed by atoms with Crippen LogP contribution < -0.4 is 4.74 Å². The van der Waals surface area contributed by atoms with Crippen molar-refractivity contribution in [2.24, 2.45) is 0 Å². The van der Waals surface area contributed by atoms with E-state index < -0.39 is 67.9 Å². The molecule has 0 radical (unpaired) electrons. The van der Waals surface area contributed by atoms with Crippen molar-refractivity contribution < 1.29 is 68.8 Å². The van der Waals surface area contributed by atoms with Crippen molar-refractivity contribution in [1.29, 1.82) is 0 Å². The highest BCUT2D eigenvalue weighted by Gasteiger charge is 2.34. The molecular weight excluding hydrogens is 700 g/mol. The van der Waals surface area contributed by atoms with Crippen molar-refractivity contribution in [3.8, 4) is 5.75 Å². The largest absolute Gasteiger partial charge is 0.491 e.